The van der Waals surface area contributed by atoms with E-state index in [1.54, 1.807) is 29.1 Å². The highest BCUT2D eigenvalue weighted by atomic mass is 16.7. The second-order valence-electron chi connectivity index (χ2n) is 3.84. The molecule has 0 unspecified atom stereocenters. The number of hydrogen-bond donors (Lipinski definition) is 1. The van der Waals surface area contributed by atoms with Gasteiger partial charge in [0.1, 0.15) is 0 Å². The molecular weight excluding hydrogens is 236 g/mol. The number of ether oxygens (including phenoxy) is 2. The fourth-order valence-electron chi connectivity index (χ4n) is 1.87. The average molecular weight is 246 g/mol. The number of benzene rings is 1. The van der Waals surface area contributed by atoms with Gasteiger partial charge in [-0.2, -0.15) is 5.10 Å². The molecule has 2 heterocycles. The Morgan fingerprint density at radius 3 is 3.00 bits per heavy atom. The number of rotatable bonds is 3. The lowest BCUT2D eigenvalue weighted by molar-refractivity contribution is -0.136. The van der Waals surface area contributed by atoms with E-state index in [2.05, 4.69) is 5.10 Å². The molecule has 0 spiro atoms. The van der Waals surface area contributed by atoms with Gasteiger partial charge in [0.2, 0.25) is 6.79 Å². The topological polar surface area (TPSA) is 73.6 Å². The van der Waals surface area contributed by atoms with Gasteiger partial charge in [-0.05, 0) is 18.2 Å². The molecule has 0 amide bonds. The van der Waals surface area contributed by atoms with Gasteiger partial charge in [-0.25, -0.2) is 4.68 Å². The summed E-state index contributed by atoms with van der Waals surface area (Å²) in [6, 6.07) is 7.05. The van der Waals surface area contributed by atoms with Crippen LogP contribution in [0.25, 0.3) is 5.69 Å². The molecule has 1 aromatic heterocycles. The molecule has 1 aliphatic heterocycles. The van der Waals surface area contributed by atoms with Crippen LogP contribution < -0.4 is 9.47 Å². The van der Waals surface area contributed by atoms with Gasteiger partial charge < -0.3 is 14.6 Å². The number of carbonyl (C=O) groups is 1. The van der Waals surface area contributed by atoms with Crippen molar-refractivity contribution in [3.63, 3.8) is 0 Å². The van der Waals surface area contributed by atoms with Crippen molar-refractivity contribution in [2.75, 3.05) is 6.79 Å². The average Bonchev–Trinajstić information content (AvgIpc) is 2.95. The summed E-state index contributed by atoms with van der Waals surface area (Å²) < 4.78 is 12.1. The van der Waals surface area contributed by atoms with E-state index >= 15 is 0 Å². The Hall–Kier alpha value is -2.50. The van der Waals surface area contributed by atoms with Crippen molar-refractivity contribution < 1.29 is 19.4 Å². The highest BCUT2D eigenvalue weighted by Gasteiger charge is 2.15. The number of carboxylic acid groups (broad SMARTS) is 1. The second-order valence-corrected chi connectivity index (χ2v) is 3.84. The van der Waals surface area contributed by atoms with E-state index in [4.69, 9.17) is 14.6 Å². The van der Waals surface area contributed by atoms with Crippen LogP contribution in [-0.4, -0.2) is 27.6 Å². The maximum Gasteiger partial charge on any atom is 0.309 e. The Bertz CT molecular complexity index is 606. The van der Waals surface area contributed by atoms with Gasteiger partial charge in [-0.1, -0.05) is 0 Å². The molecule has 3 rings (SSSR count). The van der Waals surface area contributed by atoms with E-state index in [9.17, 15) is 4.79 Å². The summed E-state index contributed by atoms with van der Waals surface area (Å²) >= 11 is 0. The number of hydrogen-bond acceptors (Lipinski definition) is 4. The Kier molecular flexibility index (Phi) is 2.40. The number of nitrogens with zero attached hydrogens (tertiary/aromatic N) is 2. The van der Waals surface area contributed by atoms with Crippen molar-refractivity contribution >= 4 is 5.97 Å². The summed E-state index contributed by atoms with van der Waals surface area (Å²) in [7, 11) is 0. The van der Waals surface area contributed by atoms with E-state index in [-0.39, 0.29) is 13.2 Å². The summed E-state index contributed by atoms with van der Waals surface area (Å²) in [6.07, 6.45) is 1.50. The van der Waals surface area contributed by atoms with Crippen LogP contribution in [0.1, 0.15) is 5.69 Å². The van der Waals surface area contributed by atoms with Crippen LogP contribution in [0.2, 0.25) is 0 Å². The van der Waals surface area contributed by atoms with Crippen molar-refractivity contribution in [2.24, 2.45) is 0 Å². The van der Waals surface area contributed by atoms with E-state index in [0.29, 0.717) is 17.2 Å². The lowest BCUT2D eigenvalue weighted by Gasteiger charge is -2.06. The first-order chi connectivity index (χ1) is 8.74. The minimum absolute atomic E-state index is 0.0750. The molecule has 6 heteroatoms. The van der Waals surface area contributed by atoms with Crippen LogP contribution in [0.4, 0.5) is 0 Å². The molecule has 18 heavy (non-hydrogen) atoms. The first-order valence-electron chi connectivity index (χ1n) is 5.39. The van der Waals surface area contributed by atoms with E-state index < -0.39 is 5.97 Å². The lowest BCUT2D eigenvalue weighted by Crippen LogP contribution is -2.07. The summed E-state index contributed by atoms with van der Waals surface area (Å²) in [5.41, 5.74) is 1.36. The summed E-state index contributed by atoms with van der Waals surface area (Å²) in [5, 5.41) is 12.9. The van der Waals surface area contributed by atoms with Crippen LogP contribution in [0.15, 0.2) is 30.5 Å². The van der Waals surface area contributed by atoms with Gasteiger partial charge in [0, 0.05) is 12.3 Å². The smallest absolute Gasteiger partial charge is 0.309 e. The first-order valence-corrected chi connectivity index (χ1v) is 5.39. The maximum absolute atomic E-state index is 10.8. The number of aromatic nitrogens is 2. The number of carboxylic acids is 1. The molecule has 0 fully saturated rings. The van der Waals surface area contributed by atoms with Crippen LogP contribution in [0.5, 0.6) is 11.5 Å². The van der Waals surface area contributed by atoms with E-state index in [1.165, 1.54) is 0 Å². The van der Waals surface area contributed by atoms with Crippen LogP contribution in [0.3, 0.4) is 0 Å². The van der Waals surface area contributed by atoms with Crippen LogP contribution in [0, 0.1) is 0 Å². The van der Waals surface area contributed by atoms with E-state index in [1.807, 2.05) is 6.07 Å². The molecule has 0 aliphatic carbocycles. The van der Waals surface area contributed by atoms with Gasteiger partial charge in [0.05, 0.1) is 17.8 Å². The fourth-order valence-corrected chi connectivity index (χ4v) is 1.87. The molecule has 1 aliphatic rings. The molecule has 0 bridgehead atoms. The van der Waals surface area contributed by atoms with Crippen molar-refractivity contribution in [2.45, 2.75) is 6.42 Å². The molecule has 0 radical (unpaired) electrons. The molecule has 0 atom stereocenters. The number of aliphatic carboxylic acids is 1. The second kappa shape index (κ2) is 4.06. The molecule has 6 nitrogen and oxygen atoms in total. The first kappa shape index (κ1) is 10.6. The SMILES string of the molecule is O=C(O)Cc1ccnn1-c1ccc2c(c1)OCO2. The quantitative estimate of drug-likeness (QED) is 0.881. The fraction of sp³-hybridized carbons (Fsp3) is 0.167. The molecule has 92 valence electrons. The van der Waals surface area contributed by atoms with Gasteiger partial charge in [0.25, 0.3) is 0 Å². The minimum atomic E-state index is -0.891. The minimum Gasteiger partial charge on any atom is -0.481 e. The number of fused-ring (bicyclic) bond motifs is 1. The summed E-state index contributed by atoms with van der Waals surface area (Å²) in [4.78, 5) is 10.8. The molecule has 0 saturated carbocycles. The summed E-state index contributed by atoms with van der Waals surface area (Å²) in [6.45, 7) is 0.208. The largest absolute Gasteiger partial charge is 0.481 e. The molecule has 1 N–H and O–H groups in total. The Labute approximate surface area is 102 Å². The standard InChI is InChI=1S/C12H10N2O4/c15-12(16)6-9-3-4-13-14(9)8-1-2-10-11(5-8)18-7-17-10/h1-5H,6-7H2,(H,15,16). The van der Waals surface area contributed by atoms with Crippen LogP contribution >= 0.6 is 0 Å². The van der Waals surface area contributed by atoms with E-state index in [0.717, 1.165) is 5.69 Å². The zero-order valence-corrected chi connectivity index (χ0v) is 9.37. The molecule has 0 saturated heterocycles. The summed E-state index contributed by atoms with van der Waals surface area (Å²) in [5.74, 6) is 0.437. The third-order valence-electron chi connectivity index (χ3n) is 2.65. The predicted molar refractivity (Wildman–Crippen MR) is 61.0 cm³/mol. The van der Waals surface area contributed by atoms with Gasteiger partial charge in [-0.3, -0.25) is 4.79 Å². The molecule has 2 aromatic rings. The third-order valence-corrected chi connectivity index (χ3v) is 2.65. The molecular formula is C12H10N2O4. The van der Waals surface area contributed by atoms with Crippen molar-refractivity contribution in [1.29, 1.82) is 0 Å². The highest BCUT2D eigenvalue weighted by molar-refractivity contribution is 5.69. The zero-order valence-electron chi connectivity index (χ0n) is 9.37. The Morgan fingerprint density at radius 2 is 2.17 bits per heavy atom. The van der Waals surface area contributed by atoms with Crippen molar-refractivity contribution in [3.8, 4) is 17.2 Å². The lowest BCUT2D eigenvalue weighted by atomic mass is 10.2. The normalized spacial score (nSPS) is 12.7. The van der Waals surface area contributed by atoms with Crippen LogP contribution in [-0.2, 0) is 11.2 Å². The monoisotopic (exact) mass is 246 g/mol. The molecule has 1 aromatic carbocycles. The third kappa shape index (κ3) is 1.77. The van der Waals surface area contributed by atoms with Crippen molar-refractivity contribution in [3.05, 3.63) is 36.2 Å². The Balaban J connectivity index is 1.99. The maximum atomic E-state index is 10.8. The zero-order chi connectivity index (χ0) is 12.5. The highest BCUT2D eigenvalue weighted by Crippen LogP contribution is 2.33. The Morgan fingerprint density at radius 1 is 1.33 bits per heavy atom. The predicted octanol–water partition coefficient (Wildman–Crippen LogP) is 1.23. The van der Waals surface area contributed by atoms with Gasteiger partial charge >= 0.3 is 5.97 Å². The van der Waals surface area contributed by atoms with Gasteiger partial charge in [0.15, 0.2) is 11.5 Å². The van der Waals surface area contributed by atoms with Crippen molar-refractivity contribution in [1.82, 2.24) is 9.78 Å². The van der Waals surface area contributed by atoms with Gasteiger partial charge in [-0.15, -0.1) is 0 Å².